The molecule has 0 aliphatic heterocycles. The van der Waals surface area contributed by atoms with Crippen LogP contribution in [0.2, 0.25) is 0 Å². The fourth-order valence-electron chi connectivity index (χ4n) is 2.02. The summed E-state index contributed by atoms with van der Waals surface area (Å²) >= 11 is 0. The van der Waals surface area contributed by atoms with Gasteiger partial charge in [0.25, 0.3) is 5.91 Å². The van der Waals surface area contributed by atoms with Gasteiger partial charge in [0.1, 0.15) is 11.5 Å². The zero-order chi connectivity index (χ0) is 16.2. The number of aryl methyl sites for hydroxylation is 1. The lowest BCUT2D eigenvalue weighted by Crippen LogP contribution is -2.27. The molecule has 2 aromatic heterocycles. The van der Waals surface area contributed by atoms with Gasteiger partial charge in [-0.1, -0.05) is 23.4 Å². The Labute approximate surface area is 133 Å². The number of hydrogen-bond donors (Lipinski definition) is 1. The molecule has 0 aliphatic rings. The molecule has 7 nitrogen and oxygen atoms in total. The fourth-order valence-corrected chi connectivity index (χ4v) is 2.02. The van der Waals surface area contributed by atoms with E-state index in [0.29, 0.717) is 11.6 Å². The van der Waals surface area contributed by atoms with E-state index in [1.165, 1.54) is 11.1 Å². The number of carbonyl (C=O) groups excluding carboxylic acids is 1. The largest absolute Gasteiger partial charge is 0.360 e. The van der Waals surface area contributed by atoms with E-state index in [1.54, 1.807) is 26.1 Å². The highest BCUT2D eigenvalue weighted by atomic mass is 16.5. The zero-order valence-corrected chi connectivity index (χ0v) is 12.7. The van der Waals surface area contributed by atoms with Gasteiger partial charge < -0.3 is 14.7 Å². The van der Waals surface area contributed by atoms with Crippen molar-refractivity contribution >= 4 is 23.4 Å². The molecule has 0 radical (unpaired) electrons. The smallest absolute Gasteiger partial charge is 0.276 e. The zero-order valence-electron chi connectivity index (χ0n) is 12.7. The van der Waals surface area contributed by atoms with Crippen LogP contribution in [0.25, 0.3) is 0 Å². The van der Waals surface area contributed by atoms with Gasteiger partial charge in [-0.05, 0) is 25.1 Å². The number of benzene rings is 1. The Hall–Kier alpha value is -3.22. The molecule has 2 heterocycles. The van der Waals surface area contributed by atoms with Crippen molar-refractivity contribution in [3.05, 3.63) is 60.1 Å². The quantitative estimate of drug-likeness (QED) is 0.797. The van der Waals surface area contributed by atoms with Crippen molar-refractivity contribution < 1.29 is 9.32 Å². The second-order valence-corrected chi connectivity index (χ2v) is 4.91. The Balaban J connectivity index is 1.80. The van der Waals surface area contributed by atoms with Crippen LogP contribution in [-0.2, 0) is 0 Å². The van der Waals surface area contributed by atoms with Gasteiger partial charge in [-0.25, -0.2) is 9.97 Å². The molecule has 3 aromatic rings. The first-order valence-electron chi connectivity index (χ1n) is 7.00. The van der Waals surface area contributed by atoms with Gasteiger partial charge in [0, 0.05) is 25.0 Å². The van der Waals surface area contributed by atoms with Crippen LogP contribution in [0.5, 0.6) is 0 Å². The van der Waals surface area contributed by atoms with Gasteiger partial charge in [-0.2, -0.15) is 0 Å². The van der Waals surface area contributed by atoms with Crippen molar-refractivity contribution in [1.82, 2.24) is 15.1 Å². The minimum atomic E-state index is -0.224. The van der Waals surface area contributed by atoms with Gasteiger partial charge in [-0.3, -0.25) is 4.79 Å². The molecule has 3 rings (SSSR count). The van der Waals surface area contributed by atoms with Crippen LogP contribution in [0.15, 0.2) is 53.2 Å². The van der Waals surface area contributed by atoms with E-state index in [4.69, 9.17) is 4.52 Å². The molecule has 1 aromatic carbocycles. The van der Waals surface area contributed by atoms with Crippen LogP contribution in [0.1, 0.15) is 16.2 Å². The molecule has 0 saturated heterocycles. The van der Waals surface area contributed by atoms with Crippen LogP contribution < -0.4 is 10.2 Å². The molecule has 7 heteroatoms. The Kier molecular flexibility index (Phi) is 4.01. The fraction of sp³-hybridized carbons (Fsp3) is 0.125. The average Bonchev–Trinajstić information content (AvgIpc) is 2.99. The summed E-state index contributed by atoms with van der Waals surface area (Å²) in [5.74, 6) is 1.22. The number of amides is 1. The number of nitrogens with zero attached hydrogens (tertiary/aromatic N) is 4. The summed E-state index contributed by atoms with van der Waals surface area (Å²) in [6.45, 7) is 1.79. The van der Waals surface area contributed by atoms with Gasteiger partial charge in [0.2, 0.25) is 5.95 Å². The highest BCUT2D eigenvalue weighted by Gasteiger charge is 2.15. The normalized spacial score (nSPS) is 10.3. The molecular formula is C16H15N5O2. The first kappa shape index (κ1) is 14.7. The minimum absolute atomic E-state index is 0.224. The predicted molar refractivity (Wildman–Crippen MR) is 85.7 cm³/mol. The molecule has 23 heavy (non-hydrogen) atoms. The number of para-hydroxylation sites is 1. The second-order valence-electron chi connectivity index (χ2n) is 4.91. The van der Waals surface area contributed by atoms with E-state index in [2.05, 4.69) is 20.4 Å². The molecule has 0 saturated carbocycles. The molecule has 0 aliphatic carbocycles. The molecule has 0 fully saturated rings. The number of hydrogen-bond acceptors (Lipinski definition) is 6. The van der Waals surface area contributed by atoms with Crippen molar-refractivity contribution in [2.75, 3.05) is 17.3 Å². The van der Waals surface area contributed by atoms with Crippen LogP contribution in [-0.4, -0.2) is 28.1 Å². The summed E-state index contributed by atoms with van der Waals surface area (Å²) in [6, 6.07) is 12.6. The van der Waals surface area contributed by atoms with Crippen molar-refractivity contribution in [1.29, 1.82) is 0 Å². The highest BCUT2D eigenvalue weighted by Crippen LogP contribution is 2.16. The summed E-state index contributed by atoms with van der Waals surface area (Å²) in [4.78, 5) is 22.4. The molecule has 0 spiro atoms. The van der Waals surface area contributed by atoms with E-state index in [9.17, 15) is 4.79 Å². The van der Waals surface area contributed by atoms with E-state index < -0.39 is 0 Å². The summed E-state index contributed by atoms with van der Waals surface area (Å²) in [5.41, 5.74) is 1.08. The first-order valence-corrected chi connectivity index (χ1v) is 7.00. The Morgan fingerprint density at radius 1 is 1.22 bits per heavy atom. The van der Waals surface area contributed by atoms with Crippen LogP contribution in [0.3, 0.4) is 0 Å². The topological polar surface area (TPSA) is 84.2 Å². The number of anilines is 3. The van der Waals surface area contributed by atoms with Crippen molar-refractivity contribution in [3.8, 4) is 0 Å². The van der Waals surface area contributed by atoms with Gasteiger partial charge in [-0.15, -0.1) is 0 Å². The molecule has 1 N–H and O–H groups in total. The second kappa shape index (κ2) is 6.27. The molecule has 1 amide bonds. The SMILES string of the molecule is Cc1cc(Nc2nccc(C(=O)N(C)c3ccccc3)n2)no1. The predicted octanol–water partition coefficient (Wildman–Crippen LogP) is 2.79. The van der Waals surface area contributed by atoms with Gasteiger partial charge in [0.05, 0.1) is 0 Å². The minimum Gasteiger partial charge on any atom is -0.360 e. The number of nitrogens with one attached hydrogen (secondary N) is 1. The summed E-state index contributed by atoms with van der Waals surface area (Å²) in [5, 5.41) is 6.71. The third-order valence-corrected chi connectivity index (χ3v) is 3.19. The van der Waals surface area contributed by atoms with Crippen LogP contribution in [0.4, 0.5) is 17.5 Å². The maximum atomic E-state index is 12.5. The molecule has 0 unspecified atom stereocenters. The lowest BCUT2D eigenvalue weighted by molar-refractivity contribution is 0.0988. The van der Waals surface area contributed by atoms with Crippen LogP contribution >= 0.6 is 0 Å². The molecule has 0 bridgehead atoms. The summed E-state index contributed by atoms with van der Waals surface area (Å²) in [6.07, 6.45) is 1.52. The van der Waals surface area contributed by atoms with Gasteiger partial charge in [0.15, 0.2) is 5.82 Å². The first-order chi connectivity index (χ1) is 11.1. The maximum absolute atomic E-state index is 12.5. The monoisotopic (exact) mass is 309 g/mol. The average molecular weight is 309 g/mol. The summed E-state index contributed by atoms with van der Waals surface area (Å²) < 4.78 is 4.97. The standard InChI is InChI=1S/C16H15N5O2/c1-11-10-14(20-23-11)19-16-17-9-8-13(18-16)15(22)21(2)12-6-4-3-5-7-12/h3-10H,1-2H3,(H,17,18,19,20). The van der Waals surface area contributed by atoms with E-state index >= 15 is 0 Å². The number of carbonyl (C=O) groups is 1. The van der Waals surface area contributed by atoms with Gasteiger partial charge >= 0.3 is 0 Å². The van der Waals surface area contributed by atoms with Crippen molar-refractivity contribution in [3.63, 3.8) is 0 Å². The molecule has 116 valence electrons. The molecular weight excluding hydrogens is 294 g/mol. The third-order valence-electron chi connectivity index (χ3n) is 3.19. The lowest BCUT2D eigenvalue weighted by Gasteiger charge is -2.16. The Morgan fingerprint density at radius 3 is 2.70 bits per heavy atom. The van der Waals surface area contributed by atoms with Crippen molar-refractivity contribution in [2.45, 2.75) is 6.92 Å². The van der Waals surface area contributed by atoms with E-state index in [0.717, 1.165) is 5.69 Å². The van der Waals surface area contributed by atoms with Crippen LogP contribution in [0, 0.1) is 6.92 Å². The van der Waals surface area contributed by atoms with Crippen molar-refractivity contribution in [2.24, 2.45) is 0 Å². The lowest BCUT2D eigenvalue weighted by atomic mass is 10.2. The maximum Gasteiger partial charge on any atom is 0.276 e. The number of rotatable bonds is 4. The Bertz CT molecular complexity index is 816. The molecule has 0 atom stereocenters. The van der Waals surface area contributed by atoms with E-state index in [-0.39, 0.29) is 17.5 Å². The number of aromatic nitrogens is 3. The van der Waals surface area contributed by atoms with E-state index in [1.807, 2.05) is 30.3 Å². The third kappa shape index (κ3) is 3.34. The Morgan fingerprint density at radius 2 is 2.00 bits per heavy atom. The summed E-state index contributed by atoms with van der Waals surface area (Å²) in [7, 11) is 1.70. The highest BCUT2D eigenvalue weighted by molar-refractivity contribution is 6.04.